The Balaban J connectivity index is 1.83. The Morgan fingerprint density at radius 1 is 1.23 bits per heavy atom. The van der Waals surface area contributed by atoms with Gasteiger partial charge in [0.25, 0.3) is 0 Å². The summed E-state index contributed by atoms with van der Waals surface area (Å²) in [6.45, 7) is 6.75. The second kappa shape index (κ2) is 3.25. The third-order valence-electron chi connectivity index (χ3n) is 3.99. The fraction of sp³-hybridized carbons (Fsp3) is 1.00. The van der Waals surface area contributed by atoms with Gasteiger partial charge in [0.2, 0.25) is 0 Å². The molecule has 1 saturated heterocycles. The molecular formula is C11H22N2. The van der Waals surface area contributed by atoms with Crippen LogP contribution in [-0.4, -0.2) is 29.6 Å². The Hall–Kier alpha value is -0.0800. The maximum atomic E-state index is 6.26. The van der Waals surface area contributed by atoms with Crippen LogP contribution in [-0.2, 0) is 0 Å². The van der Waals surface area contributed by atoms with Gasteiger partial charge in [0.1, 0.15) is 0 Å². The summed E-state index contributed by atoms with van der Waals surface area (Å²) in [5.41, 5.74) is 6.39. The molecule has 0 spiro atoms. The maximum absolute atomic E-state index is 6.26. The smallest absolute Gasteiger partial charge is 0.0435 e. The van der Waals surface area contributed by atoms with Crippen molar-refractivity contribution < 1.29 is 0 Å². The summed E-state index contributed by atoms with van der Waals surface area (Å²) in [4.78, 5) is 2.59. The van der Waals surface area contributed by atoms with Crippen molar-refractivity contribution in [3.8, 4) is 0 Å². The minimum atomic E-state index is 0.128. The highest BCUT2D eigenvalue weighted by molar-refractivity contribution is 5.04. The van der Waals surface area contributed by atoms with Crippen molar-refractivity contribution >= 4 is 0 Å². The van der Waals surface area contributed by atoms with Crippen LogP contribution in [0.25, 0.3) is 0 Å². The lowest BCUT2D eigenvalue weighted by Crippen LogP contribution is -2.71. The molecule has 1 saturated carbocycles. The number of rotatable bonds is 2. The normalized spacial score (nSPS) is 29.5. The predicted molar refractivity (Wildman–Crippen MR) is 55.6 cm³/mol. The summed E-state index contributed by atoms with van der Waals surface area (Å²) in [5.74, 6) is 0.630. The third kappa shape index (κ3) is 1.62. The molecule has 1 aliphatic carbocycles. The fourth-order valence-electron chi connectivity index (χ4n) is 2.60. The molecule has 0 aromatic heterocycles. The van der Waals surface area contributed by atoms with Crippen molar-refractivity contribution in [1.29, 1.82) is 0 Å². The average molecular weight is 182 g/mol. The van der Waals surface area contributed by atoms with Gasteiger partial charge in [0.05, 0.1) is 0 Å². The predicted octanol–water partition coefficient (Wildman–Crippen LogP) is 1.60. The van der Waals surface area contributed by atoms with Crippen molar-refractivity contribution in [3.63, 3.8) is 0 Å². The van der Waals surface area contributed by atoms with Gasteiger partial charge in [0.15, 0.2) is 0 Å². The lowest BCUT2D eigenvalue weighted by atomic mass is 9.79. The molecule has 2 N–H and O–H groups in total. The Labute approximate surface area is 81.5 Å². The lowest BCUT2D eigenvalue weighted by Gasteiger charge is -2.53. The van der Waals surface area contributed by atoms with E-state index in [1.54, 1.807) is 0 Å². The Bertz CT molecular complexity index is 177. The second-order valence-corrected chi connectivity index (χ2v) is 5.23. The third-order valence-corrected chi connectivity index (χ3v) is 3.99. The van der Waals surface area contributed by atoms with Crippen LogP contribution < -0.4 is 5.73 Å². The van der Waals surface area contributed by atoms with Crippen LogP contribution >= 0.6 is 0 Å². The number of hydrogen-bond acceptors (Lipinski definition) is 2. The molecule has 0 radical (unpaired) electrons. The molecule has 2 nitrogen and oxygen atoms in total. The first-order valence-corrected chi connectivity index (χ1v) is 5.65. The monoisotopic (exact) mass is 182 g/mol. The van der Waals surface area contributed by atoms with E-state index in [9.17, 15) is 0 Å². The molecule has 13 heavy (non-hydrogen) atoms. The van der Waals surface area contributed by atoms with E-state index in [1.165, 1.54) is 25.7 Å². The first kappa shape index (κ1) is 9.47. The highest BCUT2D eigenvalue weighted by Gasteiger charge is 2.44. The van der Waals surface area contributed by atoms with Gasteiger partial charge >= 0.3 is 0 Å². The van der Waals surface area contributed by atoms with Crippen LogP contribution in [0, 0.1) is 5.92 Å². The van der Waals surface area contributed by atoms with Crippen molar-refractivity contribution in [1.82, 2.24) is 4.90 Å². The van der Waals surface area contributed by atoms with Crippen molar-refractivity contribution in [2.45, 2.75) is 51.1 Å². The SMILES string of the molecule is CC(C)C1(N)CN(C2CCCC2)C1. The second-order valence-electron chi connectivity index (χ2n) is 5.23. The molecular weight excluding hydrogens is 160 g/mol. The van der Waals surface area contributed by atoms with E-state index in [-0.39, 0.29) is 5.54 Å². The van der Waals surface area contributed by atoms with Crippen molar-refractivity contribution in [3.05, 3.63) is 0 Å². The summed E-state index contributed by atoms with van der Waals surface area (Å²) in [6.07, 6.45) is 5.68. The molecule has 0 aromatic rings. The highest BCUT2D eigenvalue weighted by atomic mass is 15.3. The van der Waals surface area contributed by atoms with Gasteiger partial charge in [-0.15, -0.1) is 0 Å². The number of nitrogens with two attached hydrogens (primary N) is 1. The van der Waals surface area contributed by atoms with Gasteiger partial charge < -0.3 is 5.73 Å². The number of likely N-dealkylation sites (tertiary alicyclic amines) is 1. The zero-order valence-electron chi connectivity index (χ0n) is 8.92. The minimum absolute atomic E-state index is 0.128. The van der Waals surface area contributed by atoms with Crippen molar-refractivity contribution in [2.75, 3.05) is 13.1 Å². The first-order chi connectivity index (χ1) is 6.12. The van der Waals surface area contributed by atoms with Gasteiger partial charge in [-0.1, -0.05) is 26.7 Å². The Morgan fingerprint density at radius 2 is 1.77 bits per heavy atom. The summed E-state index contributed by atoms with van der Waals surface area (Å²) in [6, 6.07) is 0.871. The van der Waals surface area contributed by atoms with Crippen LogP contribution in [0.4, 0.5) is 0 Å². The van der Waals surface area contributed by atoms with Crippen LogP contribution in [0.2, 0.25) is 0 Å². The van der Waals surface area contributed by atoms with Gasteiger partial charge in [-0.05, 0) is 18.8 Å². The van der Waals surface area contributed by atoms with Gasteiger partial charge in [-0.2, -0.15) is 0 Å². The Kier molecular flexibility index (Phi) is 2.37. The van der Waals surface area contributed by atoms with E-state index in [1.807, 2.05) is 0 Å². The minimum Gasteiger partial charge on any atom is -0.323 e. The molecule has 2 aliphatic rings. The summed E-state index contributed by atoms with van der Waals surface area (Å²) in [7, 11) is 0. The maximum Gasteiger partial charge on any atom is 0.0435 e. The average Bonchev–Trinajstić information content (AvgIpc) is 2.49. The fourth-order valence-corrected chi connectivity index (χ4v) is 2.60. The quantitative estimate of drug-likeness (QED) is 0.703. The van der Waals surface area contributed by atoms with Crippen LogP contribution in [0.1, 0.15) is 39.5 Å². The van der Waals surface area contributed by atoms with Gasteiger partial charge in [0, 0.05) is 24.7 Å². The largest absolute Gasteiger partial charge is 0.323 e. The number of nitrogens with zero attached hydrogens (tertiary/aromatic N) is 1. The molecule has 0 amide bonds. The van der Waals surface area contributed by atoms with Crippen molar-refractivity contribution in [2.24, 2.45) is 11.7 Å². The molecule has 76 valence electrons. The molecule has 0 aromatic carbocycles. The summed E-state index contributed by atoms with van der Waals surface area (Å²) in [5, 5.41) is 0. The molecule has 0 bridgehead atoms. The van der Waals surface area contributed by atoms with Gasteiger partial charge in [-0.25, -0.2) is 0 Å². The topological polar surface area (TPSA) is 29.3 Å². The highest BCUT2D eigenvalue weighted by Crippen LogP contribution is 2.33. The molecule has 0 atom stereocenters. The molecule has 2 fully saturated rings. The molecule has 1 heterocycles. The van der Waals surface area contributed by atoms with Crippen LogP contribution in [0.3, 0.4) is 0 Å². The van der Waals surface area contributed by atoms with E-state index in [0.29, 0.717) is 5.92 Å². The zero-order valence-corrected chi connectivity index (χ0v) is 8.92. The first-order valence-electron chi connectivity index (χ1n) is 5.65. The summed E-state index contributed by atoms with van der Waals surface area (Å²) < 4.78 is 0. The zero-order chi connectivity index (χ0) is 9.47. The van der Waals surface area contributed by atoms with E-state index >= 15 is 0 Å². The summed E-state index contributed by atoms with van der Waals surface area (Å²) >= 11 is 0. The molecule has 0 unspecified atom stereocenters. The van der Waals surface area contributed by atoms with Crippen LogP contribution in [0.5, 0.6) is 0 Å². The lowest BCUT2D eigenvalue weighted by molar-refractivity contribution is 0.00464. The number of hydrogen-bond donors (Lipinski definition) is 1. The Morgan fingerprint density at radius 3 is 2.23 bits per heavy atom. The van der Waals surface area contributed by atoms with Crippen LogP contribution in [0.15, 0.2) is 0 Å². The van der Waals surface area contributed by atoms with E-state index in [0.717, 1.165) is 19.1 Å². The van der Waals surface area contributed by atoms with E-state index in [2.05, 4.69) is 18.7 Å². The van der Waals surface area contributed by atoms with Gasteiger partial charge in [-0.3, -0.25) is 4.90 Å². The molecule has 1 aliphatic heterocycles. The van der Waals surface area contributed by atoms with E-state index < -0.39 is 0 Å². The molecule has 2 rings (SSSR count). The standard InChI is InChI=1S/C11H22N2/c1-9(2)11(12)7-13(8-11)10-5-3-4-6-10/h9-10H,3-8,12H2,1-2H3. The molecule has 2 heteroatoms. The van der Waals surface area contributed by atoms with E-state index in [4.69, 9.17) is 5.73 Å².